The molecule has 4 heterocycles. The Labute approximate surface area is 202 Å². The Morgan fingerprint density at radius 1 is 1.17 bits per heavy atom. The molecule has 0 spiro atoms. The highest BCUT2D eigenvalue weighted by Crippen LogP contribution is 2.43. The number of nitrogens with two attached hydrogens (primary N) is 1. The summed E-state index contributed by atoms with van der Waals surface area (Å²) >= 11 is 0. The van der Waals surface area contributed by atoms with E-state index in [1.165, 1.54) is 11.0 Å². The molecule has 1 atom stereocenters. The van der Waals surface area contributed by atoms with Crippen molar-refractivity contribution in [3.05, 3.63) is 59.2 Å². The number of amides is 1. The van der Waals surface area contributed by atoms with E-state index in [1.807, 2.05) is 19.1 Å². The molecule has 9 heteroatoms. The molecule has 1 amide bonds. The molecule has 0 saturated heterocycles. The molecule has 0 fully saturated rings. The van der Waals surface area contributed by atoms with Crippen molar-refractivity contribution in [1.82, 2.24) is 9.97 Å². The number of nitrogen functional groups attached to an aromatic ring is 1. The predicted octanol–water partition coefficient (Wildman–Crippen LogP) is 4.98. The maximum Gasteiger partial charge on any atom is 0.416 e. The molecule has 182 valence electrons. The van der Waals surface area contributed by atoms with Crippen molar-refractivity contribution >= 4 is 17.7 Å². The number of ether oxygens (including phenoxy) is 3. The molecular weight excluding hydrogens is 451 g/mol. The first kappa shape index (κ1) is 22.9. The van der Waals surface area contributed by atoms with Gasteiger partial charge < -0.3 is 19.9 Å². The van der Waals surface area contributed by atoms with Gasteiger partial charge >= 0.3 is 6.09 Å². The number of hydrogen-bond acceptors (Lipinski definition) is 7. The molecule has 0 radical (unpaired) electrons. The summed E-state index contributed by atoms with van der Waals surface area (Å²) in [7, 11) is 0. The van der Waals surface area contributed by atoms with Crippen molar-refractivity contribution in [1.29, 1.82) is 0 Å². The first-order valence-corrected chi connectivity index (χ1v) is 11.4. The first-order valence-electron chi connectivity index (χ1n) is 11.4. The number of carbonyl (C=O) groups excluding carboxylic acids is 1. The lowest BCUT2D eigenvalue weighted by atomic mass is 9.95. The van der Waals surface area contributed by atoms with Crippen LogP contribution in [0.25, 0.3) is 11.1 Å². The second kappa shape index (κ2) is 8.41. The number of fused-ring (bicyclic) bond motifs is 1. The molecule has 2 N–H and O–H groups in total. The largest absolute Gasteiger partial charge is 0.493 e. The summed E-state index contributed by atoms with van der Waals surface area (Å²) in [5.41, 5.74) is 8.85. The topological polar surface area (TPSA) is 99.8 Å². The van der Waals surface area contributed by atoms with E-state index in [9.17, 15) is 4.79 Å². The van der Waals surface area contributed by atoms with E-state index in [0.717, 1.165) is 11.3 Å². The Morgan fingerprint density at radius 2 is 1.91 bits per heavy atom. The third kappa shape index (κ3) is 4.22. The van der Waals surface area contributed by atoms with Crippen LogP contribution in [-0.4, -0.2) is 34.9 Å². The van der Waals surface area contributed by atoms with Crippen LogP contribution in [0, 0.1) is 12.7 Å². The molecule has 5 rings (SSSR count). The minimum absolute atomic E-state index is 0.113. The number of aryl methyl sites for hydroxylation is 1. The number of halogens is 1. The normalized spacial score (nSPS) is 16.7. The van der Waals surface area contributed by atoms with E-state index in [2.05, 4.69) is 9.97 Å². The number of pyridine rings is 2. The van der Waals surface area contributed by atoms with Crippen molar-refractivity contribution in [3.8, 4) is 22.6 Å². The van der Waals surface area contributed by atoms with Crippen LogP contribution in [0.1, 0.15) is 43.5 Å². The minimum Gasteiger partial charge on any atom is -0.493 e. The number of anilines is 2. The van der Waals surface area contributed by atoms with Gasteiger partial charge in [0.2, 0.25) is 0 Å². The fraction of sp³-hybridized carbons (Fsp3) is 0.346. The lowest BCUT2D eigenvalue weighted by Gasteiger charge is -2.28. The summed E-state index contributed by atoms with van der Waals surface area (Å²) in [4.78, 5) is 23.6. The molecule has 0 aliphatic carbocycles. The van der Waals surface area contributed by atoms with Crippen LogP contribution >= 0.6 is 0 Å². The molecule has 35 heavy (non-hydrogen) atoms. The summed E-state index contributed by atoms with van der Waals surface area (Å²) in [5.74, 6) is 0.641. The molecule has 3 aromatic rings. The van der Waals surface area contributed by atoms with Gasteiger partial charge in [0.05, 0.1) is 25.7 Å². The highest BCUT2D eigenvalue weighted by Gasteiger charge is 2.36. The van der Waals surface area contributed by atoms with Crippen molar-refractivity contribution < 1.29 is 23.4 Å². The summed E-state index contributed by atoms with van der Waals surface area (Å²) in [6.45, 7) is 7.62. The van der Waals surface area contributed by atoms with Crippen LogP contribution in [0.4, 0.5) is 20.8 Å². The molecule has 2 aliphatic rings. The molecular formula is C26H27FN4O4. The number of rotatable bonds is 1. The van der Waals surface area contributed by atoms with Crippen molar-refractivity contribution in [2.24, 2.45) is 0 Å². The van der Waals surface area contributed by atoms with Gasteiger partial charge in [0.25, 0.3) is 0 Å². The number of carbonyl (C=O) groups is 1. The quantitative estimate of drug-likeness (QED) is 0.526. The van der Waals surface area contributed by atoms with Gasteiger partial charge in [-0.1, -0.05) is 6.07 Å². The third-order valence-corrected chi connectivity index (χ3v) is 6.03. The zero-order chi connectivity index (χ0) is 24.9. The van der Waals surface area contributed by atoms with Gasteiger partial charge in [0.15, 0.2) is 11.6 Å². The Kier molecular flexibility index (Phi) is 5.50. The van der Waals surface area contributed by atoms with Gasteiger partial charge in [-0.25, -0.2) is 14.2 Å². The third-order valence-electron chi connectivity index (χ3n) is 6.03. The molecule has 1 aromatic carbocycles. The van der Waals surface area contributed by atoms with Crippen LogP contribution in [-0.2, 0) is 11.3 Å². The Balaban J connectivity index is 1.69. The average Bonchev–Trinajstić information content (AvgIpc) is 3.21. The van der Waals surface area contributed by atoms with Gasteiger partial charge in [-0.05, 0) is 52.0 Å². The minimum atomic E-state index is -0.780. The monoisotopic (exact) mass is 478 g/mol. The van der Waals surface area contributed by atoms with E-state index in [0.29, 0.717) is 34.8 Å². The number of aromatic nitrogens is 2. The van der Waals surface area contributed by atoms with Crippen LogP contribution in [0.3, 0.4) is 0 Å². The van der Waals surface area contributed by atoms with Gasteiger partial charge in [0.1, 0.15) is 23.0 Å². The van der Waals surface area contributed by atoms with Crippen molar-refractivity contribution in [3.63, 3.8) is 0 Å². The number of nitrogens with zero attached hydrogens (tertiary/aromatic N) is 3. The van der Waals surface area contributed by atoms with Gasteiger partial charge in [0, 0.05) is 34.1 Å². The highest BCUT2D eigenvalue weighted by atomic mass is 19.1. The van der Waals surface area contributed by atoms with Gasteiger partial charge in [-0.3, -0.25) is 9.88 Å². The average molecular weight is 479 g/mol. The summed E-state index contributed by atoms with van der Waals surface area (Å²) in [6.07, 6.45) is 1.01. The van der Waals surface area contributed by atoms with Crippen LogP contribution in [0.15, 0.2) is 36.5 Å². The SMILES string of the molecule is Cc1ncccc1-c1cc2c(nc1N)N(C(=O)OC(C)(C)C)Cc1c(F)ccc3c1C(CO2)CO3. The lowest BCUT2D eigenvalue weighted by Crippen LogP contribution is -2.37. The standard InChI is InChI=1S/C26H27FN4O4/c1-14-16(6-5-9-29-14)17-10-21-24(30-23(17)28)31(25(32)35-26(2,3)4)11-18-19(27)7-8-20-22(18)15(12-33-20)13-34-21/h5-10,15H,11-13H2,1-4H3,(H2,28,30). The number of hydrogen-bond donors (Lipinski definition) is 1. The predicted molar refractivity (Wildman–Crippen MR) is 129 cm³/mol. The molecule has 0 saturated carbocycles. The molecule has 1 unspecified atom stereocenters. The molecule has 2 aliphatic heterocycles. The van der Waals surface area contributed by atoms with Crippen molar-refractivity contribution in [2.75, 3.05) is 23.8 Å². The maximum atomic E-state index is 15.1. The Bertz CT molecular complexity index is 1320. The summed E-state index contributed by atoms with van der Waals surface area (Å²) < 4.78 is 32.8. The molecule has 0 bridgehead atoms. The highest BCUT2D eigenvalue weighted by molar-refractivity contribution is 5.91. The lowest BCUT2D eigenvalue weighted by molar-refractivity contribution is 0.0575. The van der Waals surface area contributed by atoms with Crippen LogP contribution in [0.5, 0.6) is 11.5 Å². The van der Waals surface area contributed by atoms with E-state index < -0.39 is 17.5 Å². The molecule has 2 aromatic heterocycles. The van der Waals surface area contributed by atoms with E-state index in [4.69, 9.17) is 19.9 Å². The first-order chi connectivity index (χ1) is 16.6. The van der Waals surface area contributed by atoms with Gasteiger partial charge in [-0.2, -0.15) is 0 Å². The summed E-state index contributed by atoms with van der Waals surface area (Å²) in [6, 6.07) is 8.41. The second-order valence-corrected chi connectivity index (χ2v) is 9.70. The smallest absolute Gasteiger partial charge is 0.416 e. The zero-order valence-electron chi connectivity index (χ0n) is 20.1. The van der Waals surface area contributed by atoms with E-state index in [1.54, 1.807) is 39.1 Å². The van der Waals surface area contributed by atoms with E-state index >= 15 is 4.39 Å². The maximum absolute atomic E-state index is 15.1. The Hall–Kier alpha value is -3.88. The zero-order valence-corrected chi connectivity index (χ0v) is 20.1. The fourth-order valence-electron chi connectivity index (χ4n) is 4.43. The fourth-order valence-corrected chi connectivity index (χ4v) is 4.43. The van der Waals surface area contributed by atoms with Crippen LogP contribution < -0.4 is 20.1 Å². The van der Waals surface area contributed by atoms with Crippen LogP contribution in [0.2, 0.25) is 0 Å². The summed E-state index contributed by atoms with van der Waals surface area (Å²) in [5, 5.41) is 0. The van der Waals surface area contributed by atoms with Gasteiger partial charge in [-0.15, -0.1) is 0 Å². The molecule has 8 nitrogen and oxygen atoms in total. The Morgan fingerprint density at radius 3 is 2.63 bits per heavy atom. The second-order valence-electron chi connectivity index (χ2n) is 9.70. The van der Waals surface area contributed by atoms with E-state index in [-0.39, 0.29) is 30.7 Å². The number of benzene rings is 1. The van der Waals surface area contributed by atoms with Crippen molar-refractivity contribution in [2.45, 2.75) is 45.8 Å².